The number of benzene rings is 2. The van der Waals surface area contributed by atoms with Gasteiger partial charge in [-0.05, 0) is 36.2 Å². The number of nitriles is 1. The Kier molecular flexibility index (Phi) is 3.51. The lowest BCUT2D eigenvalue weighted by atomic mass is 10.1. The fourth-order valence-electron chi connectivity index (χ4n) is 3.11. The van der Waals surface area contributed by atoms with Gasteiger partial charge in [-0.2, -0.15) is 10.4 Å². The molecular weight excluding hydrogens is 303 g/mol. The van der Waals surface area contributed by atoms with Crippen molar-refractivity contribution in [1.82, 2.24) is 9.78 Å². The Morgan fingerprint density at radius 2 is 1.96 bits per heavy atom. The minimum atomic E-state index is -0.237. The molecule has 0 saturated heterocycles. The van der Waals surface area contributed by atoms with Crippen molar-refractivity contribution in [2.24, 2.45) is 0 Å². The normalized spacial score (nSPS) is 12.5. The van der Waals surface area contributed by atoms with Gasteiger partial charge in [0.1, 0.15) is 17.7 Å². The highest BCUT2D eigenvalue weighted by Gasteiger charge is 2.24. The third-order valence-corrected chi connectivity index (χ3v) is 4.27. The third-order valence-electron chi connectivity index (χ3n) is 4.27. The molecule has 1 N–H and O–H groups in total. The van der Waals surface area contributed by atoms with Crippen molar-refractivity contribution in [3.63, 3.8) is 0 Å². The first-order valence-electron chi connectivity index (χ1n) is 7.85. The van der Waals surface area contributed by atoms with E-state index in [-0.39, 0.29) is 5.82 Å². The molecule has 4 rings (SSSR count). The van der Waals surface area contributed by atoms with Crippen LogP contribution in [-0.2, 0) is 12.8 Å². The monoisotopic (exact) mass is 318 g/mol. The summed E-state index contributed by atoms with van der Waals surface area (Å²) in [5.41, 5.74) is 4.52. The molecule has 2 aromatic carbocycles. The zero-order chi connectivity index (χ0) is 16.5. The maximum absolute atomic E-state index is 13.1. The summed E-state index contributed by atoms with van der Waals surface area (Å²) >= 11 is 0. The van der Waals surface area contributed by atoms with Gasteiger partial charge >= 0.3 is 0 Å². The van der Waals surface area contributed by atoms with E-state index in [1.54, 1.807) is 18.2 Å². The number of rotatable bonds is 3. The summed E-state index contributed by atoms with van der Waals surface area (Å²) in [6.07, 6.45) is 1.55. The molecule has 0 unspecified atom stereocenters. The van der Waals surface area contributed by atoms with Crippen LogP contribution in [0, 0.1) is 17.1 Å². The van der Waals surface area contributed by atoms with E-state index in [0.29, 0.717) is 12.0 Å². The van der Waals surface area contributed by atoms with Crippen LogP contribution in [-0.4, -0.2) is 16.3 Å². The summed E-state index contributed by atoms with van der Waals surface area (Å²) in [7, 11) is 0. The van der Waals surface area contributed by atoms with E-state index < -0.39 is 0 Å². The first-order chi connectivity index (χ1) is 11.8. The van der Waals surface area contributed by atoms with E-state index in [1.807, 2.05) is 22.9 Å². The molecule has 24 heavy (non-hydrogen) atoms. The van der Waals surface area contributed by atoms with Gasteiger partial charge in [0.25, 0.3) is 0 Å². The molecule has 0 spiro atoms. The number of nitrogens with zero attached hydrogens (tertiary/aromatic N) is 3. The predicted molar refractivity (Wildman–Crippen MR) is 89.7 cm³/mol. The van der Waals surface area contributed by atoms with E-state index >= 15 is 0 Å². The number of halogens is 1. The average molecular weight is 318 g/mol. The first kappa shape index (κ1) is 14.5. The number of hydrogen-bond acceptors (Lipinski definition) is 3. The SMILES string of the molecule is N#Cc1ccccc1-n1nc(Cc2ccc(F)cc2)c2c1NCC2. The van der Waals surface area contributed by atoms with Crippen molar-refractivity contribution in [2.45, 2.75) is 12.8 Å². The molecule has 3 aromatic rings. The van der Waals surface area contributed by atoms with Gasteiger partial charge in [0.15, 0.2) is 0 Å². The van der Waals surface area contributed by atoms with Gasteiger partial charge < -0.3 is 5.32 Å². The highest BCUT2D eigenvalue weighted by Crippen LogP contribution is 2.30. The Morgan fingerprint density at radius 1 is 1.17 bits per heavy atom. The van der Waals surface area contributed by atoms with Crippen molar-refractivity contribution in [2.75, 3.05) is 11.9 Å². The maximum Gasteiger partial charge on any atom is 0.133 e. The maximum atomic E-state index is 13.1. The number of para-hydroxylation sites is 1. The van der Waals surface area contributed by atoms with Crippen LogP contribution in [0.3, 0.4) is 0 Å². The van der Waals surface area contributed by atoms with Gasteiger partial charge in [0.2, 0.25) is 0 Å². The lowest BCUT2D eigenvalue weighted by Crippen LogP contribution is -2.06. The quantitative estimate of drug-likeness (QED) is 0.805. The fraction of sp³-hybridized carbons (Fsp3) is 0.158. The number of hydrogen-bond donors (Lipinski definition) is 1. The second-order valence-electron chi connectivity index (χ2n) is 5.79. The van der Waals surface area contributed by atoms with Crippen molar-refractivity contribution in [3.05, 3.63) is 76.7 Å². The van der Waals surface area contributed by atoms with Crippen molar-refractivity contribution < 1.29 is 4.39 Å². The summed E-state index contributed by atoms with van der Waals surface area (Å²) in [5, 5.41) is 17.5. The molecule has 1 aliphatic heterocycles. The van der Waals surface area contributed by atoms with E-state index in [9.17, 15) is 9.65 Å². The van der Waals surface area contributed by atoms with E-state index in [4.69, 9.17) is 5.10 Å². The van der Waals surface area contributed by atoms with Crippen LogP contribution >= 0.6 is 0 Å². The second-order valence-corrected chi connectivity index (χ2v) is 5.79. The number of aromatic nitrogens is 2. The van der Waals surface area contributed by atoms with Gasteiger partial charge in [-0.25, -0.2) is 9.07 Å². The molecule has 4 nitrogen and oxygen atoms in total. The minimum Gasteiger partial charge on any atom is -0.369 e. The van der Waals surface area contributed by atoms with Gasteiger partial charge in [0, 0.05) is 18.5 Å². The Morgan fingerprint density at radius 3 is 2.75 bits per heavy atom. The Bertz CT molecular complexity index is 935. The van der Waals surface area contributed by atoms with Gasteiger partial charge in [0.05, 0.1) is 16.9 Å². The van der Waals surface area contributed by atoms with Crippen LogP contribution in [0.2, 0.25) is 0 Å². The molecule has 0 saturated carbocycles. The smallest absolute Gasteiger partial charge is 0.133 e. The van der Waals surface area contributed by atoms with Crippen molar-refractivity contribution in [1.29, 1.82) is 5.26 Å². The fourth-order valence-corrected chi connectivity index (χ4v) is 3.11. The first-order valence-corrected chi connectivity index (χ1v) is 7.85. The average Bonchev–Trinajstić information content (AvgIpc) is 3.21. The van der Waals surface area contributed by atoms with Crippen LogP contribution in [0.5, 0.6) is 0 Å². The van der Waals surface area contributed by atoms with E-state index in [0.717, 1.165) is 35.7 Å². The highest BCUT2D eigenvalue weighted by atomic mass is 19.1. The Hall–Kier alpha value is -3.13. The second kappa shape index (κ2) is 5.82. The van der Waals surface area contributed by atoms with Gasteiger partial charge in [-0.3, -0.25) is 0 Å². The molecule has 118 valence electrons. The van der Waals surface area contributed by atoms with Crippen LogP contribution in [0.4, 0.5) is 10.2 Å². The minimum absolute atomic E-state index is 0.237. The molecule has 1 aromatic heterocycles. The summed E-state index contributed by atoms with van der Waals surface area (Å²) in [6, 6.07) is 16.2. The van der Waals surface area contributed by atoms with Gasteiger partial charge in [-0.1, -0.05) is 24.3 Å². The standard InChI is InChI=1S/C19H15FN4/c20-15-7-5-13(6-8-15)11-17-16-9-10-22-19(16)24(23-17)18-4-2-1-3-14(18)12-21/h1-8,22H,9-11H2. The zero-order valence-corrected chi connectivity index (χ0v) is 13.0. The molecule has 2 heterocycles. The lowest BCUT2D eigenvalue weighted by Gasteiger charge is -2.07. The molecule has 5 heteroatoms. The molecule has 0 fully saturated rings. The Labute approximate surface area is 139 Å². The lowest BCUT2D eigenvalue weighted by molar-refractivity contribution is 0.627. The van der Waals surface area contributed by atoms with Crippen LogP contribution in [0.15, 0.2) is 48.5 Å². The summed E-state index contributed by atoms with van der Waals surface area (Å²) < 4.78 is 14.9. The number of fused-ring (bicyclic) bond motifs is 1. The molecule has 0 bridgehead atoms. The van der Waals surface area contributed by atoms with E-state index in [2.05, 4.69) is 11.4 Å². The predicted octanol–water partition coefficient (Wildman–Crippen LogP) is 3.44. The summed E-state index contributed by atoms with van der Waals surface area (Å²) in [6.45, 7) is 0.859. The summed E-state index contributed by atoms with van der Waals surface area (Å²) in [4.78, 5) is 0. The Balaban J connectivity index is 1.78. The van der Waals surface area contributed by atoms with Crippen LogP contribution in [0.1, 0.15) is 22.4 Å². The number of nitrogens with one attached hydrogen (secondary N) is 1. The zero-order valence-electron chi connectivity index (χ0n) is 13.0. The molecule has 1 aliphatic rings. The largest absolute Gasteiger partial charge is 0.369 e. The number of anilines is 1. The topological polar surface area (TPSA) is 53.6 Å². The summed E-state index contributed by atoms with van der Waals surface area (Å²) in [5.74, 6) is 0.717. The van der Waals surface area contributed by atoms with Gasteiger partial charge in [-0.15, -0.1) is 0 Å². The molecule has 0 amide bonds. The van der Waals surface area contributed by atoms with Crippen LogP contribution < -0.4 is 5.32 Å². The van der Waals surface area contributed by atoms with Crippen molar-refractivity contribution in [3.8, 4) is 11.8 Å². The molecule has 0 atom stereocenters. The highest BCUT2D eigenvalue weighted by molar-refractivity contribution is 5.60. The van der Waals surface area contributed by atoms with E-state index in [1.165, 1.54) is 17.7 Å². The van der Waals surface area contributed by atoms with Crippen LogP contribution in [0.25, 0.3) is 5.69 Å². The molecular formula is C19H15FN4. The molecule has 0 aliphatic carbocycles. The van der Waals surface area contributed by atoms with Crippen molar-refractivity contribution >= 4 is 5.82 Å². The molecule has 0 radical (unpaired) electrons. The third kappa shape index (κ3) is 2.42.